The zero-order valence-corrected chi connectivity index (χ0v) is 21.1. The molecule has 1 N–H and O–H groups in total. The topological polar surface area (TPSA) is 63.6 Å². The quantitative estimate of drug-likeness (QED) is 0.169. The zero-order valence-electron chi connectivity index (χ0n) is 20.3. The molecule has 4 aromatic carbocycles. The average Bonchev–Trinajstić information content (AvgIpc) is 3.57. The Hall–Kier alpha value is -4.49. The van der Waals surface area contributed by atoms with E-state index in [-0.39, 0.29) is 11.6 Å². The minimum atomic E-state index is -0.581. The molecule has 0 amide bonds. The molecule has 6 aromatic rings. The van der Waals surface area contributed by atoms with Gasteiger partial charge in [-0.3, -0.25) is 9.36 Å². The molecule has 38 heavy (non-hydrogen) atoms. The molecule has 186 valence electrons. The highest BCUT2D eigenvalue weighted by Crippen LogP contribution is 2.40. The molecule has 1 unspecified atom stereocenters. The fraction of sp³-hybridized carbons (Fsp3) is 0.0645. The van der Waals surface area contributed by atoms with Crippen LogP contribution in [-0.4, -0.2) is 25.5 Å². The van der Waals surface area contributed by atoms with Crippen LogP contribution in [0.2, 0.25) is 0 Å². The van der Waals surface area contributed by atoms with Gasteiger partial charge in [0.2, 0.25) is 0 Å². The van der Waals surface area contributed by atoms with Crippen LogP contribution in [0.3, 0.4) is 0 Å². The van der Waals surface area contributed by atoms with Gasteiger partial charge in [-0.1, -0.05) is 103 Å². The highest BCUT2D eigenvalue weighted by molar-refractivity contribution is 8.00. The summed E-state index contributed by atoms with van der Waals surface area (Å²) in [5, 5.41) is 9.69. The smallest absolute Gasteiger partial charge is 0.192 e. The lowest BCUT2D eigenvalue weighted by Gasteiger charge is -2.17. The van der Waals surface area contributed by atoms with Gasteiger partial charge in [-0.15, -0.1) is 10.2 Å². The molecule has 0 aliphatic rings. The number of nitrogens with one attached hydrogen (secondary N) is 1. The molecule has 0 bridgehead atoms. The summed E-state index contributed by atoms with van der Waals surface area (Å²) in [6, 6.07) is 33.8. The molecule has 6 rings (SSSR count). The van der Waals surface area contributed by atoms with E-state index in [0.717, 1.165) is 22.0 Å². The van der Waals surface area contributed by atoms with Crippen LogP contribution in [0.25, 0.3) is 22.3 Å². The van der Waals surface area contributed by atoms with Gasteiger partial charge in [0, 0.05) is 22.7 Å². The highest BCUT2D eigenvalue weighted by Gasteiger charge is 2.29. The number of fused-ring (bicyclic) bond motifs is 1. The van der Waals surface area contributed by atoms with E-state index >= 15 is 0 Å². The molecule has 0 saturated carbocycles. The molecule has 0 aliphatic carbocycles. The number of ketones is 1. The number of benzene rings is 4. The largest absolute Gasteiger partial charge is 0.360 e. The highest BCUT2D eigenvalue weighted by atomic mass is 32.2. The first kappa shape index (κ1) is 23.9. The molecule has 7 heteroatoms. The van der Waals surface area contributed by atoms with E-state index in [9.17, 15) is 9.18 Å². The SMILES string of the molecule is O=C(c1c[nH]c2ccccc12)C(Sc1nnc(-c2ccccc2F)n1Cc1ccccc1)c1ccccc1. The molecular weight excluding hydrogens is 495 g/mol. The Bertz CT molecular complexity index is 1710. The Morgan fingerprint density at radius 2 is 1.53 bits per heavy atom. The fourth-order valence-corrected chi connectivity index (χ4v) is 5.65. The summed E-state index contributed by atoms with van der Waals surface area (Å²) in [4.78, 5) is 17.3. The number of hydrogen-bond donors (Lipinski definition) is 1. The Balaban J connectivity index is 1.45. The van der Waals surface area contributed by atoms with Crippen molar-refractivity contribution in [3.63, 3.8) is 0 Å². The molecular formula is C31H23FN4OS. The van der Waals surface area contributed by atoms with Gasteiger partial charge in [0.15, 0.2) is 16.8 Å². The van der Waals surface area contributed by atoms with Gasteiger partial charge < -0.3 is 4.98 Å². The number of para-hydroxylation sites is 1. The molecule has 2 heterocycles. The van der Waals surface area contributed by atoms with Crippen LogP contribution < -0.4 is 0 Å². The number of aromatic nitrogens is 4. The number of Topliss-reactive ketones (excluding diaryl/α,β-unsaturated/α-hetero) is 1. The number of hydrogen-bond acceptors (Lipinski definition) is 4. The van der Waals surface area contributed by atoms with Crippen molar-refractivity contribution in [2.75, 3.05) is 0 Å². The number of carbonyl (C=O) groups is 1. The van der Waals surface area contributed by atoms with Crippen LogP contribution in [0.15, 0.2) is 121 Å². The van der Waals surface area contributed by atoms with E-state index in [0.29, 0.717) is 28.7 Å². The van der Waals surface area contributed by atoms with Crippen molar-refractivity contribution in [1.82, 2.24) is 19.7 Å². The van der Waals surface area contributed by atoms with Crippen LogP contribution in [0.4, 0.5) is 4.39 Å². The lowest BCUT2D eigenvalue weighted by atomic mass is 10.0. The number of nitrogens with zero attached hydrogens (tertiary/aromatic N) is 3. The second-order valence-corrected chi connectivity index (χ2v) is 9.95. The van der Waals surface area contributed by atoms with Crippen molar-refractivity contribution < 1.29 is 9.18 Å². The van der Waals surface area contributed by atoms with Gasteiger partial charge in [0.25, 0.3) is 0 Å². The van der Waals surface area contributed by atoms with Crippen molar-refractivity contribution in [2.24, 2.45) is 0 Å². The van der Waals surface area contributed by atoms with E-state index in [2.05, 4.69) is 15.2 Å². The van der Waals surface area contributed by atoms with Crippen LogP contribution >= 0.6 is 11.8 Å². The van der Waals surface area contributed by atoms with Crippen LogP contribution in [0.5, 0.6) is 0 Å². The van der Waals surface area contributed by atoms with Gasteiger partial charge in [-0.25, -0.2) is 4.39 Å². The van der Waals surface area contributed by atoms with Gasteiger partial charge >= 0.3 is 0 Å². The van der Waals surface area contributed by atoms with E-state index < -0.39 is 5.25 Å². The number of rotatable bonds is 8. The normalized spacial score (nSPS) is 12.0. The van der Waals surface area contributed by atoms with Crippen molar-refractivity contribution in [1.29, 1.82) is 0 Å². The summed E-state index contributed by atoms with van der Waals surface area (Å²) >= 11 is 1.33. The Kier molecular flexibility index (Phi) is 6.58. The Morgan fingerprint density at radius 1 is 0.842 bits per heavy atom. The molecule has 0 spiro atoms. The number of halogens is 1. The van der Waals surface area contributed by atoms with Crippen molar-refractivity contribution in [2.45, 2.75) is 17.0 Å². The second kappa shape index (κ2) is 10.5. The Morgan fingerprint density at radius 3 is 2.32 bits per heavy atom. The standard InChI is InChI=1S/C31H23FN4OS/c32-26-17-9-7-16-24(26)30-34-35-31(36(30)20-21-11-3-1-4-12-21)38-29(22-13-5-2-6-14-22)28(37)25-19-33-27-18-10-8-15-23(25)27/h1-19,29,33H,20H2. The summed E-state index contributed by atoms with van der Waals surface area (Å²) in [5.74, 6) is 0.00130. The van der Waals surface area contributed by atoms with E-state index in [1.807, 2.05) is 89.5 Å². The molecule has 0 radical (unpaired) electrons. The monoisotopic (exact) mass is 518 g/mol. The van der Waals surface area contributed by atoms with Crippen LogP contribution in [0.1, 0.15) is 26.7 Å². The predicted molar refractivity (Wildman–Crippen MR) is 149 cm³/mol. The van der Waals surface area contributed by atoms with Crippen molar-refractivity contribution >= 4 is 28.4 Å². The number of carbonyl (C=O) groups excluding carboxylic acids is 1. The maximum Gasteiger partial charge on any atom is 0.192 e. The minimum absolute atomic E-state index is 0.0413. The van der Waals surface area contributed by atoms with Gasteiger partial charge in [-0.05, 0) is 29.3 Å². The van der Waals surface area contributed by atoms with Gasteiger partial charge in [-0.2, -0.15) is 0 Å². The maximum absolute atomic E-state index is 14.8. The lowest BCUT2D eigenvalue weighted by Crippen LogP contribution is -2.12. The second-order valence-electron chi connectivity index (χ2n) is 8.88. The molecule has 0 aliphatic heterocycles. The summed E-state index contributed by atoms with van der Waals surface area (Å²) in [5.41, 5.74) is 3.76. The third-order valence-corrected chi connectivity index (χ3v) is 7.67. The first-order valence-corrected chi connectivity index (χ1v) is 13.1. The summed E-state index contributed by atoms with van der Waals surface area (Å²) in [7, 11) is 0. The number of thioether (sulfide) groups is 1. The first-order valence-electron chi connectivity index (χ1n) is 12.2. The summed E-state index contributed by atoms with van der Waals surface area (Å²) in [6.45, 7) is 0.433. The molecule has 2 aromatic heterocycles. The van der Waals surface area contributed by atoms with Gasteiger partial charge in [0.1, 0.15) is 11.1 Å². The zero-order chi connectivity index (χ0) is 25.9. The molecule has 0 fully saturated rings. The van der Waals surface area contributed by atoms with Crippen LogP contribution in [0, 0.1) is 5.82 Å². The maximum atomic E-state index is 14.8. The molecule has 5 nitrogen and oxygen atoms in total. The van der Waals surface area contributed by atoms with Crippen molar-refractivity contribution in [3.05, 3.63) is 138 Å². The van der Waals surface area contributed by atoms with E-state index in [1.54, 1.807) is 24.4 Å². The third kappa shape index (κ3) is 4.64. The van der Waals surface area contributed by atoms with Crippen molar-refractivity contribution in [3.8, 4) is 11.4 Å². The molecule has 1 atom stereocenters. The average molecular weight is 519 g/mol. The molecule has 0 saturated heterocycles. The lowest BCUT2D eigenvalue weighted by molar-refractivity contribution is 0.0991. The van der Waals surface area contributed by atoms with Gasteiger partial charge in [0.05, 0.1) is 12.1 Å². The summed E-state index contributed by atoms with van der Waals surface area (Å²) < 4.78 is 16.7. The minimum Gasteiger partial charge on any atom is -0.360 e. The number of H-pyrrole nitrogens is 1. The summed E-state index contributed by atoms with van der Waals surface area (Å²) in [6.07, 6.45) is 1.77. The van der Waals surface area contributed by atoms with E-state index in [4.69, 9.17) is 0 Å². The predicted octanol–water partition coefficient (Wildman–Crippen LogP) is 7.33. The van der Waals surface area contributed by atoms with E-state index in [1.165, 1.54) is 17.8 Å². The third-order valence-electron chi connectivity index (χ3n) is 6.43. The first-order chi connectivity index (χ1) is 18.7. The fourth-order valence-electron chi connectivity index (χ4n) is 4.55. The van der Waals surface area contributed by atoms with Crippen LogP contribution in [-0.2, 0) is 6.54 Å². The number of aromatic amines is 1. The Labute approximate surface area is 223 Å².